The summed E-state index contributed by atoms with van der Waals surface area (Å²) in [5.41, 5.74) is 1.16. The second-order valence-corrected chi connectivity index (χ2v) is 5.87. The van der Waals surface area contributed by atoms with E-state index in [0.717, 1.165) is 20.6 Å². The van der Waals surface area contributed by atoms with Gasteiger partial charge in [0.25, 0.3) is 11.8 Å². The number of halogens is 1. The molecule has 1 aliphatic rings. The number of carbonyl (C=O) groups excluding carboxylic acids is 2. The molecule has 1 N–H and O–H groups in total. The average Bonchev–Trinajstić information content (AvgIpc) is 2.81. The van der Waals surface area contributed by atoms with E-state index in [4.69, 9.17) is 0 Å². The minimum atomic E-state index is -0.421. The van der Waals surface area contributed by atoms with E-state index in [1.165, 1.54) is 0 Å². The average molecular weight is 351 g/mol. The van der Waals surface area contributed by atoms with Gasteiger partial charge in [-0.15, -0.1) is 0 Å². The molecule has 0 bridgehead atoms. The molecule has 0 atom stereocenters. The summed E-state index contributed by atoms with van der Waals surface area (Å²) < 4.78 is 0.812. The number of amides is 2. The van der Waals surface area contributed by atoms with Crippen LogP contribution in [0.15, 0.2) is 40.9 Å². The minimum absolute atomic E-state index is 0.316. The fraction of sp³-hybridized carbons (Fsp3) is 0. The number of nitriles is 1. The molecule has 4 nitrogen and oxygen atoms in total. The summed E-state index contributed by atoms with van der Waals surface area (Å²) in [7, 11) is 0. The maximum atomic E-state index is 11.8. The molecule has 0 aliphatic carbocycles. The lowest BCUT2D eigenvalue weighted by Gasteiger charge is -2.10. The first kappa shape index (κ1) is 13.0. The number of nitrogens with one attached hydrogen (secondary N) is 1. The van der Waals surface area contributed by atoms with Gasteiger partial charge in [0, 0.05) is 15.2 Å². The van der Waals surface area contributed by atoms with Crippen LogP contribution in [0.5, 0.6) is 0 Å². The van der Waals surface area contributed by atoms with Crippen LogP contribution in [0.3, 0.4) is 0 Å². The van der Waals surface area contributed by atoms with Gasteiger partial charge in [-0.2, -0.15) is 5.26 Å². The maximum Gasteiger partial charge on any atom is 0.258 e. The molecule has 2 amide bonds. The van der Waals surface area contributed by atoms with Crippen molar-refractivity contribution in [2.75, 3.05) is 0 Å². The van der Waals surface area contributed by atoms with Crippen LogP contribution in [-0.2, 0) is 0 Å². The Morgan fingerprint density at radius 2 is 1.50 bits per heavy atom. The molecule has 3 aromatic carbocycles. The summed E-state index contributed by atoms with van der Waals surface area (Å²) in [6, 6.07) is 13.1. The Bertz CT molecular complexity index is 1060. The van der Waals surface area contributed by atoms with Gasteiger partial charge in [0.2, 0.25) is 0 Å². The van der Waals surface area contributed by atoms with Crippen molar-refractivity contribution in [1.29, 1.82) is 5.26 Å². The van der Waals surface area contributed by atoms with Crippen molar-refractivity contribution in [3.05, 3.63) is 57.6 Å². The van der Waals surface area contributed by atoms with E-state index in [9.17, 15) is 14.9 Å². The number of rotatable bonds is 0. The highest BCUT2D eigenvalue weighted by molar-refractivity contribution is 9.10. The van der Waals surface area contributed by atoms with Crippen molar-refractivity contribution < 1.29 is 9.59 Å². The van der Waals surface area contributed by atoms with Gasteiger partial charge in [-0.1, -0.05) is 24.3 Å². The smallest absolute Gasteiger partial charge is 0.258 e. The first-order valence-electron chi connectivity index (χ1n) is 6.55. The fourth-order valence-corrected chi connectivity index (χ4v) is 3.58. The third-order valence-corrected chi connectivity index (χ3v) is 4.78. The van der Waals surface area contributed by atoms with Gasteiger partial charge in [-0.3, -0.25) is 14.9 Å². The van der Waals surface area contributed by atoms with E-state index < -0.39 is 11.8 Å². The van der Waals surface area contributed by atoms with Crippen LogP contribution in [-0.4, -0.2) is 11.8 Å². The number of carbonyl (C=O) groups is 2. The van der Waals surface area contributed by atoms with E-state index in [-0.39, 0.29) is 0 Å². The highest BCUT2D eigenvalue weighted by Gasteiger charge is 2.28. The lowest BCUT2D eigenvalue weighted by molar-refractivity contribution is 0.0879. The molecule has 1 aliphatic heterocycles. The first-order valence-corrected chi connectivity index (χ1v) is 7.35. The summed E-state index contributed by atoms with van der Waals surface area (Å²) in [4.78, 5) is 23.7. The molecule has 0 aromatic heterocycles. The van der Waals surface area contributed by atoms with Crippen LogP contribution in [0.1, 0.15) is 26.3 Å². The normalized spacial score (nSPS) is 13.3. The van der Waals surface area contributed by atoms with E-state index in [1.54, 1.807) is 12.1 Å². The van der Waals surface area contributed by atoms with E-state index in [2.05, 4.69) is 27.3 Å². The lowest BCUT2D eigenvalue weighted by atomic mass is 9.94. The monoisotopic (exact) mass is 350 g/mol. The van der Waals surface area contributed by atoms with E-state index in [0.29, 0.717) is 22.1 Å². The Labute approximate surface area is 133 Å². The van der Waals surface area contributed by atoms with Gasteiger partial charge in [0.15, 0.2) is 0 Å². The zero-order valence-electron chi connectivity index (χ0n) is 11.1. The third-order valence-electron chi connectivity index (χ3n) is 3.92. The number of hydrogen-bond acceptors (Lipinski definition) is 3. The molecule has 0 saturated carbocycles. The van der Waals surface area contributed by atoms with Crippen LogP contribution in [0.25, 0.3) is 21.5 Å². The van der Waals surface area contributed by atoms with E-state index in [1.807, 2.05) is 24.3 Å². The summed E-state index contributed by atoms with van der Waals surface area (Å²) in [5, 5.41) is 15.0. The quantitative estimate of drug-likeness (QED) is 0.498. The Morgan fingerprint density at radius 3 is 2.14 bits per heavy atom. The fourth-order valence-electron chi connectivity index (χ4n) is 2.90. The van der Waals surface area contributed by atoms with E-state index >= 15 is 0 Å². The topological polar surface area (TPSA) is 70.0 Å². The minimum Gasteiger partial charge on any atom is -0.288 e. The molecule has 0 spiro atoms. The molecule has 0 radical (unpaired) electrons. The van der Waals surface area contributed by atoms with Crippen molar-refractivity contribution in [1.82, 2.24) is 5.32 Å². The van der Waals surface area contributed by atoms with Crippen LogP contribution < -0.4 is 5.32 Å². The number of hydrogen-bond donors (Lipinski definition) is 1. The summed E-state index contributed by atoms with van der Waals surface area (Å²) in [6.45, 7) is 0. The number of fused-ring (bicyclic) bond motifs is 3. The van der Waals surface area contributed by atoms with Gasteiger partial charge in [0.1, 0.15) is 6.07 Å². The number of benzene rings is 3. The molecule has 0 saturated heterocycles. The zero-order chi connectivity index (χ0) is 15.4. The van der Waals surface area contributed by atoms with Crippen LogP contribution in [0, 0.1) is 11.3 Å². The standard InChI is InChI=1S/C17H7BrN2O2/c18-15-9-4-2-1-3-8(9)14(7-19)10-5-12-13(6-11(10)15)17(22)20-16(12)21/h1-6H,(H,20,21,22). The molecule has 0 unspecified atom stereocenters. The Kier molecular flexibility index (Phi) is 2.59. The SMILES string of the molecule is N#Cc1c2ccccc2c(Br)c2cc3c(cc12)C(=O)NC3=O. The molecule has 22 heavy (non-hydrogen) atoms. The van der Waals surface area contributed by atoms with Crippen LogP contribution in [0.2, 0.25) is 0 Å². The van der Waals surface area contributed by atoms with Crippen molar-refractivity contribution in [2.24, 2.45) is 0 Å². The largest absolute Gasteiger partial charge is 0.288 e. The Hall–Kier alpha value is -2.71. The van der Waals surface area contributed by atoms with Gasteiger partial charge in [-0.05, 0) is 38.8 Å². The Balaban J connectivity index is 2.28. The Morgan fingerprint density at radius 1 is 0.909 bits per heavy atom. The molecule has 3 aromatic rings. The first-order chi connectivity index (χ1) is 10.6. The third kappa shape index (κ3) is 1.56. The molecule has 0 fully saturated rings. The number of imide groups is 1. The molecular weight excluding hydrogens is 344 g/mol. The summed E-state index contributed by atoms with van der Waals surface area (Å²) in [6.07, 6.45) is 0. The second kappa shape index (κ2) is 4.39. The second-order valence-electron chi connectivity index (χ2n) is 5.07. The van der Waals surface area contributed by atoms with Gasteiger partial charge in [0.05, 0.1) is 16.7 Å². The highest BCUT2D eigenvalue weighted by Crippen LogP contribution is 2.38. The highest BCUT2D eigenvalue weighted by atomic mass is 79.9. The lowest BCUT2D eigenvalue weighted by Crippen LogP contribution is -2.19. The van der Waals surface area contributed by atoms with Crippen LogP contribution in [0.4, 0.5) is 0 Å². The van der Waals surface area contributed by atoms with Crippen molar-refractivity contribution in [2.45, 2.75) is 0 Å². The van der Waals surface area contributed by atoms with Crippen molar-refractivity contribution >= 4 is 49.3 Å². The number of nitrogens with zero attached hydrogens (tertiary/aromatic N) is 1. The molecule has 1 heterocycles. The van der Waals surface area contributed by atoms with Crippen molar-refractivity contribution in [3.63, 3.8) is 0 Å². The molecule has 4 rings (SSSR count). The molecule has 104 valence electrons. The predicted molar refractivity (Wildman–Crippen MR) is 85.7 cm³/mol. The summed E-state index contributed by atoms with van der Waals surface area (Å²) in [5.74, 6) is -0.824. The van der Waals surface area contributed by atoms with Gasteiger partial charge < -0.3 is 0 Å². The summed E-state index contributed by atoms with van der Waals surface area (Å²) >= 11 is 3.56. The van der Waals surface area contributed by atoms with Gasteiger partial charge in [-0.25, -0.2) is 0 Å². The predicted octanol–water partition coefficient (Wildman–Crippen LogP) is 3.51. The molecule has 5 heteroatoms. The van der Waals surface area contributed by atoms with Crippen LogP contribution >= 0.6 is 15.9 Å². The molecular formula is C17H7BrN2O2. The van der Waals surface area contributed by atoms with Gasteiger partial charge >= 0.3 is 0 Å². The zero-order valence-corrected chi connectivity index (χ0v) is 12.7. The van der Waals surface area contributed by atoms with Crippen molar-refractivity contribution in [3.8, 4) is 6.07 Å². The maximum absolute atomic E-state index is 11.8.